The molecule has 1 aliphatic rings. The standard InChI is InChI=1S/C17H13ClFNO5S/c18-12-6-11(7-13(19)8-12)15-14(21)16(17(20)24-15)25-26(22,23)9-10-4-2-1-3-5-10/h1-8,15H,9,20H2/t15-/m1/s1/i15D. The molecule has 0 fully saturated rings. The number of ether oxygens (including phenoxy) is 1. The summed E-state index contributed by atoms with van der Waals surface area (Å²) in [5.74, 6) is -4.02. The SMILES string of the molecule is [2H][C@]1(c2cc(F)cc(Cl)c2)OC(N)=C(OS(=O)(=O)Cc2ccccc2)C1=O. The van der Waals surface area contributed by atoms with Gasteiger partial charge < -0.3 is 14.7 Å². The molecule has 6 nitrogen and oxygen atoms in total. The molecule has 1 aliphatic heterocycles. The van der Waals surface area contributed by atoms with Crippen LogP contribution in [0.3, 0.4) is 0 Å². The third-order valence-electron chi connectivity index (χ3n) is 3.37. The number of hydrogen-bond acceptors (Lipinski definition) is 6. The Kier molecular flexibility index (Phi) is 4.52. The Labute approximate surface area is 155 Å². The van der Waals surface area contributed by atoms with Gasteiger partial charge in [-0.25, -0.2) is 4.39 Å². The molecule has 0 aromatic heterocycles. The number of Topliss-reactive ketones (excluding diaryl/α,β-unsaturated/α-hetero) is 1. The average Bonchev–Trinajstić information content (AvgIpc) is 2.78. The minimum absolute atomic E-state index is 0.0716. The van der Waals surface area contributed by atoms with Crippen molar-refractivity contribution in [2.75, 3.05) is 0 Å². The second-order valence-corrected chi connectivity index (χ2v) is 7.39. The molecule has 26 heavy (non-hydrogen) atoms. The maximum absolute atomic E-state index is 13.6. The first-order valence-electron chi connectivity index (χ1n) is 7.77. The van der Waals surface area contributed by atoms with Gasteiger partial charge in [-0.1, -0.05) is 41.9 Å². The first kappa shape index (κ1) is 16.9. The predicted octanol–water partition coefficient (Wildman–Crippen LogP) is 2.79. The molecular formula is C17H13ClFNO5S. The van der Waals surface area contributed by atoms with Gasteiger partial charge in [-0.3, -0.25) is 4.79 Å². The van der Waals surface area contributed by atoms with Gasteiger partial charge in [0.2, 0.25) is 17.4 Å². The normalized spacial score (nSPS) is 20.7. The average molecular weight is 399 g/mol. The lowest BCUT2D eigenvalue weighted by molar-refractivity contribution is -0.123. The topological polar surface area (TPSA) is 95.7 Å². The van der Waals surface area contributed by atoms with E-state index in [1.807, 2.05) is 0 Å². The van der Waals surface area contributed by atoms with Crippen LogP contribution in [0.25, 0.3) is 0 Å². The molecule has 0 amide bonds. The van der Waals surface area contributed by atoms with Crippen LogP contribution in [0.5, 0.6) is 0 Å². The van der Waals surface area contributed by atoms with Crippen molar-refractivity contribution in [2.45, 2.75) is 11.8 Å². The van der Waals surface area contributed by atoms with Crippen LogP contribution in [0.4, 0.5) is 4.39 Å². The molecule has 0 aliphatic carbocycles. The maximum Gasteiger partial charge on any atom is 0.313 e. The zero-order chi connectivity index (χ0) is 19.8. The van der Waals surface area contributed by atoms with Crippen LogP contribution in [0.1, 0.15) is 18.6 Å². The van der Waals surface area contributed by atoms with Gasteiger partial charge in [0, 0.05) is 10.6 Å². The van der Waals surface area contributed by atoms with Gasteiger partial charge >= 0.3 is 10.1 Å². The van der Waals surface area contributed by atoms with E-state index in [0.29, 0.717) is 5.56 Å². The summed E-state index contributed by atoms with van der Waals surface area (Å²) in [6, 6.07) is 11.1. The highest BCUT2D eigenvalue weighted by Crippen LogP contribution is 2.34. The number of nitrogens with two attached hydrogens (primary N) is 1. The summed E-state index contributed by atoms with van der Waals surface area (Å²) in [4.78, 5) is 12.6. The largest absolute Gasteiger partial charge is 0.460 e. The molecule has 9 heteroatoms. The minimum Gasteiger partial charge on any atom is -0.460 e. The highest BCUT2D eigenvalue weighted by atomic mass is 35.5. The van der Waals surface area contributed by atoms with Gasteiger partial charge in [-0.05, 0) is 23.8 Å². The molecule has 2 N–H and O–H groups in total. The summed E-state index contributed by atoms with van der Waals surface area (Å²) in [6.45, 7) is 0. The lowest BCUT2D eigenvalue weighted by Gasteiger charge is -2.10. The van der Waals surface area contributed by atoms with Crippen LogP contribution in [0, 0.1) is 5.82 Å². The maximum atomic E-state index is 13.6. The summed E-state index contributed by atoms with van der Waals surface area (Å²) >= 11 is 5.75. The number of ketones is 1. The number of halogens is 2. The quantitative estimate of drug-likeness (QED) is 0.778. The summed E-state index contributed by atoms with van der Waals surface area (Å²) in [5.41, 5.74) is 5.74. The van der Waals surface area contributed by atoms with Gasteiger partial charge in [0.05, 0.1) is 1.37 Å². The number of hydrogen-bond donors (Lipinski definition) is 1. The van der Waals surface area contributed by atoms with Crippen LogP contribution in [-0.4, -0.2) is 14.2 Å². The summed E-state index contributed by atoms with van der Waals surface area (Å²) in [5, 5.41) is -0.0716. The number of benzene rings is 2. The van der Waals surface area contributed by atoms with Crippen molar-refractivity contribution in [3.63, 3.8) is 0 Å². The summed E-state index contributed by atoms with van der Waals surface area (Å²) in [7, 11) is -4.25. The highest BCUT2D eigenvalue weighted by molar-refractivity contribution is 7.86. The summed E-state index contributed by atoms with van der Waals surface area (Å²) in [6.07, 6.45) is -2.51. The monoisotopic (exact) mass is 398 g/mol. The van der Waals surface area contributed by atoms with E-state index < -0.39 is 45.2 Å². The number of carbonyl (C=O) groups excluding carboxylic acids is 1. The van der Waals surface area contributed by atoms with Crippen molar-refractivity contribution in [1.29, 1.82) is 0 Å². The van der Waals surface area contributed by atoms with E-state index in [1.54, 1.807) is 30.3 Å². The van der Waals surface area contributed by atoms with Crippen molar-refractivity contribution in [2.24, 2.45) is 5.73 Å². The molecule has 0 saturated heterocycles. The molecule has 136 valence electrons. The van der Waals surface area contributed by atoms with Crippen molar-refractivity contribution in [3.8, 4) is 0 Å². The van der Waals surface area contributed by atoms with E-state index in [-0.39, 0.29) is 10.6 Å². The first-order valence-corrected chi connectivity index (χ1v) is 9.22. The van der Waals surface area contributed by atoms with E-state index in [0.717, 1.165) is 18.2 Å². The Morgan fingerprint density at radius 2 is 1.96 bits per heavy atom. The Morgan fingerprint density at radius 1 is 1.27 bits per heavy atom. The third-order valence-corrected chi connectivity index (χ3v) is 4.70. The fourth-order valence-electron chi connectivity index (χ4n) is 2.31. The van der Waals surface area contributed by atoms with Crippen molar-refractivity contribution < 1.29 is 27.9 Å². The van der Waals surface area contributed by atoms with Gasteiger partial charge in [0.15, 0.2) is 6.08 Å². The Balaban J connectivity index is 1.87. The molecule has 0 saturated carbocycles. The Morgan fingerprint density at radius 3 is 2.62 bits per heavy atom. The molecule has 0 unspecified atom stereocenters. The van der Waals surface area contributed by atoms with Crippen LogP contribution >= 0.6 is 11.6 Å². The van der Waals surface area contributed by atoms with E-state index in [2.05, 4.69) is 0 Å². The van der Waals surface area contributed by atoms with Crippen molar-refractivity contribution in [1.82, 2.24) is 0 Å². The van der Waals surface area contributed by atoms with Crippen LogP contribution in [-0.2, 0) is 29.6 Å². The van der Waals surface area contributed by atoms with E-state index in [4.69, 9.17) is 27.6 Å². The zero-order valence-electron chi connectivity index (χ0n) is 14.1. The zero-order valence-corrected chi connectivity index (χ0v) is 14.7. The Hall–Kier alpha value is -2.58. The molecule has 3 rings (SSSR count). The second-order valence-electron chi connectivity index (χ2n) is 5.38. The summed E-state index contributed by atoms with van der Waals surface area (Å²) < 4.78 is 56.1. The lowest BCUT2D eigenvalue weighted by atomic mass is 10.1. The van der Waals surface area contributed by atoms with Crippen molar-refractivity contribution >= 4 is 27.5 Å². The molecular weight excluding hydrogens is 385 g/mol. The molecule has 0 spiro atoms. The molecule has 1 atom stereocenters. The van der Waals surface area contributed by atoms with Crippen molar-refractivity contribution in [3.05, 3.63) is 82.1 Å². The number of rotatable bonds is 5. The van der Waals surface area contributed by atoms with Gasteiger partial charge in [-0.15, -0.1) is 0 Å². The van der Waals surface area contributed by atoms with E-state index >= 15 is 0 Å². The van der Waals surface area contributed by atoms with Gasteiger partial charge in [-0.2, -0.15) is 8.42 Å². The van der Waals surface area contributed by atoms with Crippen LogP contribution in [0.15, 0.2) is 60.2 Å². The minimum atomic E-state index is -4.25. The second kappa shape index (κ2) is 6.97. The Bertz CT molecular complexity index is 1020. The van der Waals surface area contributed by atoms with Gasteiger partial charge in [0.25, 0.3) is 0 Å². The van der Waals surface area contributed by atoms with Gasteiger partial charge in [0.1, 0.15) is 11.6 Å². The molecule has 0 bridgehead atoms. The molecule has 2 aromatic carbocycles. The smallest absolute Gasteiger partial charge is 0.313 e. The highest BCUT2D eigenvalue weighted by Gasteiger charge is 2.39. The molecule has 2 aromatic rings. The molecule has 0 radical (unpaired) electrons. The van der Waals surface area contributed by atoms with Crippen LogP contribution < -0.4 is 5.73 Å². The van der Waals surface area contributed by atoms with Crippen LogP contribution in [0.2, 0.25) is 5.02 Å². The van der Waals surface area contributed by atoms with E-state index in [9.17, 15) is 17.6 Å². The number of carbonyl (C=O) groups is 1. The predicted molar refractivity (Wildman–Crippen MR) is 91.6 cm³/mol. The fraction of sp³-hybridized carbons (Fsp3) is 0.118. The molecule has 1 heterocycles. The fourth-order valence-corrected chi connectivity index (χ4v) is 3.60. The third kappa shape index (κ3) is 3.97. The lowest BCUT2D eigenvalue weighted by Crippen LogP contribution is -2.16. The first-order chi connectivity index (χ1) is 12.6. The van der Waals surface area contributed by atoms with E-state index in [1.165, 1.54) is 0 Å².